The normalized spacial score (nSPS) is 15.1. The lowest BCUT2D eigenvalue weighted by molar-refractivity contribution is -0.162. The van der Waals surface area contributed by atoms with Gasteiger partial charge in [0, 0.05) is 28.6 Å². The van der Waals surface area contributed by atoms with Gasteiger partial charge in [0.2, 0.25) is 12.2 Å². The van der Waals surface area contributed by atoms with Gasteiger partial charge in [-0.2, -0.15) is 0 Å². The Morgan fingerprint density at radius 1 is 1.00 bits per heavy atom. The molecule has 7 nitrogen and oxygen atoms in total. The molecule has 146 valence electrons. The lowest BCUT2D eigenvalue weighted by Crippen LogP contribution is -2.49. The SMILES string of the molecule is CCOC(=O)C1(C(=O)OCC)c2cc(F)ccc2Nc2cc3c(cc21)OCO3. The summed E-state index contributed by atoms with van der Waals surface area (Å²) < 4.78 is 35.5. The van der Waals surface area contributed by atoms with Gasteiger partial charge in [-0.3, -0.25) is 9.59 Å². The van der Waals surface area contributed by atoms with Gasteiger partial charge >= 0.3 is 11.9 Å². The second-order valence-electron chi connectivity index (χ2n) is 6.26. The van der Waals surface area contributed by atoms with Gasteiger partial charge in [-0.15, -0.1) is 0 Å². The number of halogens is 1. The van der Waals surface area contributed by atoms with Crippen molar-refractivity contribution in [1.82, 2.24) is 0 Å². The van der Waals surface area contributed by atoms with Gasteiger partial charge in [-0.1, -0.05) is 0 Å². The van der Waals surface area contributed by atoms with E-state index in [0.29, 0.717) is 22.9 Å². The van der Waals surface area contributed by atoms with Crippen LogP contribution in [-0.4, -0.2) is 31.9 Å². The smallest absolute Gasteiger partial charge is 0.332 e. The first-order chi connectivity index (χ1) is 13.5. The van der Waals surface area contributed by atoms with E-state index in [1.807, 2.05) is 0 Å². The summed E-state index contributed by atoms with van der Waals surface area (Å²) in [5.74, 6) is -1.44. The molecule has 2 aromatic carbocycles. The number of hydrogen-bond donors (Lipinski definition) is 1. The third-order valence-electron chi connectivity index (χ3n) is 4.73. The van der Waals surface area contributed by atoms with E-state index in [9.17, 15) is 14.0 Å². The van der Waals surface area contributed by atoms with Gasteiger partial charge in [0.1, 0.15) is 5.82 Å². The van der Waals surface area contributed by atoms with Crippen molar-refractivity contribution in [2.75, 3.05) is 25.3 Å². The van der Waals surface area contributed by atoms with Crippen molar-refractivity contribution in [3.63, 3.8) is 0 Å². The highest BCUT2D eigenvalue weighted by molar-refractivity contribution is 6.14. The minimum absolute atomic E-state index is 0.0195. The van der Waals surface area contributed by atoms with Crippen molar-refractivity contribution in [3.05, 3.63) is 47.3 Å². The average molecular weight is 387 g/mol. The largest absolute Gasteiger partial charge is 0.465 e. The van der Waals surface area contributed by atoms with Crippen LogP contribution in [0, 0.1) is 5.82 Å². The Bertz CT molecular complexity index is 955. The van der Waals surface area contributed by atoms with Gasteiger partial charge in [0.05, 0.1) is 13.2 Å². The molecule has 0 unspecified atom stereocenters. The van der Waals surface area contributed by atoms with Crippen molar-refractivity contribution in [1.29, 1.82) is 0 Å². The summed E-state index contributed by atoms with van der Waals surface area (Å²) >= 11 is 0. The number of rotatable bonds is 4. The van der Waals surface area contributed by atoms with Crippen molar-refractivity contribution >= 4 is 23.3 Å². The molecule has 0 aliphatic carbocycles. The Kier molecular flexibility index (Phi) is 4.33. The highest BCUT2D eigenvalue weighted by Crippen LogP contribution is 2.51. The van der Waals surface area contributed by atoms with Crippen LogP contribution in [0.4, 0.5) is 15.8 Å². The zero-order valence-electron chi connectivity index (χ0n) is 15.3. The molecule has 8 heteroatoms. The fourth-order valence-corrected chi connectivity index (χ4v) is 3.58. The summed E-state index contributed by atoms with van der Waals surface area (Å²) in [6, 6.07) is 7.02. The lowest BCUT2D eigenvalue weighted by Gasteiger charge is -2.37. The summed E-state index contributed by atoms with van der Waals surface area (Å²) in [5.41, 5.74) is -0.772. The number of nitrogens with one attached hydrogen (secondary N) is 1. The fourth-order valence-electron chi connectivity index (χ4n) is 3.58. The first kappa shape index (κ1) is 18.1. The van der Waals surface area contributed by atoms with E-state index in [0.717, 1.165) is 6.07 Å². The zero-order chi connectivity index (χ0) is 19.9. The van der Waals surface area contributed by atoms with E-state index < -0.39 is 23.2 Å². The van der Waals surface area contributed by atoms with Gasteiger partial charge in [-0.05, 0) is 38.1 Å². The Morgan fingerprint density at radius 2 is 1.61 bits per heavy atom. The van der Waals surface area contributed by atoms with Crippen molar-refractivity contribution < 1.29 is 32.9 Å². The molecule has 2 heterocycles. The number of benzene rings is 2. The Labute approximate surface area is 160 Å². The predicted molar refractivity (Wildman–Crippen MR) is 96.3 cm³/mol. The van der Waals surface area contributed by atoms with Crippen LogP contribution in [0.5, 0.6) is 11.5 Å². The van der Waals surface area contributed by atoms with Crippen LogP contribution in [0.25, 0.3) is 0 Å². The molecule has 0 atom stereocenters. The number of carbonyl (C=O) groups is 2. The molecule has 2 aliphatic rings. The van der Waals surface area contributed by atoms with Crippen LogP contribution in [0.2, 0.25) is 0 Å². The van der Waals surface area contributed by atoms with Crippen LogP contribution in [0.15, 0.2) is 30.3 Å². The van der Waals surface area contributed by atoms with Crippen LogP contribution >= 0.6 is 0 Å². The first-order valence-electron chi connectivity index (χ1n) is 8.88. The summed E-state index contributed by atoms with van der Waals surface area (Å²) in [7, 11) is 0. The molecule has 4 rings (SSSR count). The van der Waals surface area contributed by atoms with Gasteiger partial charge in [0.15, 0.2) is 11.5 Å². The van der Waals surface area contributed by atoms with E-state index in [2.05, 4.69) is 5.32 Å². The number of esters is 2. The number of carbonyl (C=O) groups excluding carboxylic acids is 2. The summed E-state index contributed by atoms with van der Waals surface area (Å²) in [6.45, 7) is 3.36. The number of ether oxygens (including phenoxy) is 4. The predicted octanol–water partition coefficient (Wildman–Crippen LogP) is 3.02. The summed E-state index contributed by atoms with van der Waals surface area (Å²) in [5, 5.41) is 3.13. The van der Waals surface area contributed by atoms with E-state index in [1.54, 1.807) is 19.9 Å². The van der Waals surface area contributed by atoms with Crippen molar-refractivity contribution in [2.24, 2.45) is 0 Å². The number of hydrogen-bond acceptors (Lipinski definition) is 7. The van der Waals surface area contributed by atoms with E-state index in [4.69, 9.17) is 18.9 Å². The van der Waals surface area contributed by atoms with Crippen molar-refractivity contribution in [2.45, 2.75) is 19.3 Å². The molecule has 2 aliphatic heterocycles. The molecular weight excluding hydrogens is 369 g/mol. The van der Waals surface area contributed by atoms with Gasteiger partial charge in [0.25, 0.3) is 0 Å². The molecule has 1 N–H and O–H groups in total. The van der Waals surface area contributed by atoms with Gasteiger partial charge < -0.3 is 24.3 Å². The third kappa shape index (κ3) is 2.48. The molecule has 0 aromatic heterocycles. The van der Waals surface area contributed by atoms with E-state index in [1.165, 1.54) is 18.2 Å². The molecule has 0 bridgehead atoms. The molecule has 0 amide bonds. The Morgan fingerprint density at radius 3 is 2.25 bits per heavy atom. The third-order valence-corrected chi connectivity index (χ3v) is 4.73. The van der Waals surface area contributed by atoms with Crippen LogP contribution in [0.3, 0.4) is 0 Å². The number of fused-ring (bicyclic) bond motifs is 3. The minimum atomic E-state index is -2.00. The van der Waals surface area contributed by atoms with Crippen LogP contribution < -0.4 is 14.8 Å². The summed E-state index contributed by atoms with van der Waals surface area (Å²) in [6.07, 6.45) is 0. The average Bonchev–Trinajstić information content (AvgIpc) is 3.12. The summed E-state index contributed by atoms with van der Waals surface area (Å²) in [4.78, 5) is 26.5. The topological polar surface area (TPSA) is 83.1 Å². The molecule has 2 aromatic rings. The monoisotopic (exact) mass is 387 g/mol. The number of anilines is 2. The molecule has 0 saturated carbocycles. The Hall–Kier alpha value is -3.29. The minimum Gasteiger partial charge on any atom is -0.465 e. The second-order valence-corrected chi connectivity index (χ2v) is 6.26. The lowest BCUT2D eigenvalue weighted by atomic mass is 9.70. The zero-order valence-corrected chi connectivity index (χ0v) is 15.3. The van der Waals surface area contributed by atoms with E-state index >= 15 is 0 Å². The maximum Gasteiger partial charge on any atom is 0.332 e. The first-order valence-corrected chi connectivity index (χ1v) is 8.88. The van der Waals surface area contributed by atoms with Crippen LogP contribution in [-0.2, 0) is 24.5 Å². The molecule has 0 spiro atoms. The van der Waals surface area contributed by atoms with Gasteiger partial charge in [-0.25, -0.2) is 4.39 Å². The maximum absolute atomic E-state index is 14.2. The Balaban J connectivity index is 2.06. The molecule has 0 fully saturated rings. The highest BCUT2D eigenvalue weighted by Gasteiger charge is 2.57. The quantitative estimate of drug-likeness (QED) is 0.638. The standard InChI is InChI=1S/C20H18FNO6/c1-3-25-18(23)20(19(24)26-4-2)12-7-11(21)5-6-14(12)22-15-9-17-16(8-13(15)20)27-10-28-17/h5-9,22H,3-4,10H2,1-2H3. The molecular formula is C20H18FNO6. The molecule has 0 radical (unpaired) electrons. The highest BCUT2D eigenvalue weighted by atomic mass is 19.1. The van der Waals surface area contributed by atoms with Crippen molar-refractivity contribution in [3.8, 4) is 11.5 Å². The second kappa shape index (κ2) is 6.70. The fraction of sp³-hybridized carbons (Fsp3) is 0.300. The molecule has 0 saturated heterocycles. The molecule has 28 heavy (non-hydrogen) atoms. The maximum atomic E-state index is 14.2. The van der Waals surface area contributed by atoms with E-state index in [-0.39, 0.29) is 31.1 Å². The van der Waals surface area contributed by atoms with Crippen LogP contribution in [0.1, 0.15) is 25.0 Å².